The number of aromatic amines is 1. The number of nitriles is 1. The SMILES string of the molecule is COc1cc(C#N)cc2[nH]c(-c3c(N)ncc(-c4cc(C)cc(F)c4)c3N3CCC(N)CC3)nc12. The maximum absolute atomic E-state index is 14.4. The molecule has 0 saturated carbocycles. The number of methoxy groups -OCH3 is 1. The van der Waals surface area contributed by atoms with Gasteiger partial charge in [-0.05, 0) is 49.1 Å². The fraction of sp³-hybridized carbons (Fsp3) is 0.269. The first kappa shape index (κ1) is 22.6. The van der Waals surface area contributed by atoms with Gasteiger partial charge in [-0.3, -0.25) is 0 Å². The zero-order valence-corrected chi connectivity index (χ0v) is 19.6. The minimum Gasteiger partial charge on any atom is -0.494 e. The van der Waals surface area contributed by atoms with E-state index in [1.54, 1.807) is 18.3 Å². The lowest BCUT2D eigenvalue weighted by atomic mass is 9.97. The van der Waals surface area contributed by atoms with Crippen molar-refractivity contribution in [2.75, 3.05) is 30.8 Å². The Balaban J connectivity index is 1.78. The van der Waals surface area contributed by atoms with Gasteiger partial charge in [-0.2, -0.15) is 5.26 Å². The lowest BCUT2D eigenvalue weighted by Gasteiger charge is -2.34. The van der Waals surface area contributed by atoms with Crippen LogP contribution in [-0.4, -0.2) is 41.2 Å². The summed E-state index contributed by atoms with van der Waals surface area (Å²) in [5.41, 5.74) is 18.1. The largest absolute Gasteiger partial charge is 0.494 e. The lowest BCUT2D eigenvalue weighted by molar-refractivity contribution is 0.419. The third-order valence-electron chi connectivity index (χ3n) is 6.43. The van der Waals surface area contributed by atoms with Gasteiger partial charge in [0.25, 0.3) is 0 Å². The Bertz CT molecular complexity index is 1440. The van der Waals surface area contributed by atoms with Crippen LogP contribution >= 0.6 is 0 Å². The third kappa shape index (κ3) is 4.13. The summed E-state index contributed by atoms with van der Waals surface area (Å²) in [5.74, 6) is 0.960. The first-order valence-electron chi connectivity index (χ1n) is 11.4. The molecule has 1 fully saturated rings. The number of piperidine rings is 1. The highest BCUT2D eigenvalue weighted by molar-refractivity contribution is 5.96. The fourth-order valence-corrected chi connectivity index (χ4v) is 4.73. The van der Waals surface area contributed by atoms with Gasteiger partial charge in [-0.15, -0.1) is 0 Å². The molecule has 0 amide bonds. The summed E-state index contributed by atoms with van der Waals surface area (Å²) in [6.45, 7) is 3.30. The average molecular weight is 472 g/mol. The molecule has 1 aliphatic heterocycles. The zero-order valence-electron chi connectivity index (χ0n) is 19.6. The quantitative estimate of drug-likeness (QED) is 0.408. The number of aryl methyl sites for hydroxylation is 1. The summed E-state index contributed by atoms with van der Waals surface area (Å²) in [6.07, 6.45) is 3.33. The Morgan fingerprint density at radius 3 is 2.66 bits per heavy atom. The molecule has 0 unspecified atom stereocenters. The molecular formula is C26H26FN7O. The summed E-state index contributed by atoms with van der Waals surface area (Å²) in [7, 11) is 1.54. The molecular weight excluding hydrogens is 445 g/mol. The number of hydrogen-bond donors (Lipinski definition) is 3. The number of H-pyrrole nitrogens is 1. The number of anilines is 2. The van der Waals surface area contributed by atoms with E-state index in [2.05, 4.69) is 20.9 Å². The number of aromatic nitrogens is 3. The molecule has 5 N–H and O–H groups in total. The smallest absolute Gasteiger partial charge is 0.148 e. The van der Waals surface area contributed by atoms with Crippen LogP contribution in [0.15, 0.2) is 36.5 Å². The van der Waals surface area contributed by atoms with Gasteiger partial charge in [-0.25, -0.2) is 14.4 Å². The summed E-state index contributed by atoms with van der Waals surface area (Å²) in [6, 6.07) is 10.6. The lowest BCUT2D eigenvalue weighted by Crippen LogP contribution is -2.40. The van der Waals surface area contributed by atoms with Crippen LogP contribution in [-0.2, 0) is 0 Å². The van der Waals surface area contributed by atoms with E-state index in [0.29, 0.717) is 45.1 Å². The highest BCUT2D eigenvalue weighted by Gasteiger charge is 2.27. The predicted molar refractivity (Wildman–Crippen MR) is 135 cm³/mol. The van der Waals surface area contributed by atoms with Crippen LogP contribution in [0, 0.1) is 24.1 Å². The number of benzene rings is 2. The molecule has 5 rings (SSSR count). The molecule has 3 heterocycles. The molecule has 1 aliphatic rings. The van der Waals surface area contributed by atoms with Gasteiger partial charge in [0.1, 0.15) is 28.7 Å². The van der Waals surface area contributed by atoms with Crippen molar-refractivity contribution in [1.29, 1.82) is 5.26 Å². The van der Waals surface area contributed by atoms with Crippen molar-refractivity contribution in [2.45, 2.75) is 25.8 Å². The number of halogens is 1. The monoisotopic (exact) mass is 471 g/mol. The van der Waals surface area contributed by atoms with E-state index in [9.17, 15) is 9.65 Å². The standard InChI is InChI=1S/C26H26FN7O/c1-14-7-16(11-17(27)8-14)19-13-31-25(30)22(24(19)34-5-3-18(29)4-6-34)26-32-20-9-15(12-28)10-21(35-2)23(20)33-26/h7-11,13,18H,3-6,29H2,1-2H3,(H2,30,31)(H,32,33). The molecule has 1 saturated heterocycles. The van der Waals surface area contributed by atoms with Gasteiger partial charge in [0, 0.05) is 37.0 Å². The van der Waals surface area contributed by atoms with Gasteiger partial charge in [0.05, 0.1) is 35.5 Å². The molecule has 9 heteroatoms. The molecule has 0 radical (unpaired) electrons. The van der Waals surface area contributed by atoms with E-state index in [-0.39, 0.29) is 11.9 Å². The van der Waals surface area contributed by atoms with Gasteiger partial charge in [-0.1, -0.05) is 6.07 Å². The van der Waals surface area contributed by atoms with Crippen LogP contribution < -0.4 is 21.1 Å². The maximum atomic E-state index is 14.4. The van der Waals surface area contributed by atoms with Crippen molar-refractivity contribution in [3.8, 4) is 34.3 Å². The van der Waals surface area contributed by atoms with Gasteiger partial charge in [0.15, 0.2) is 0 Å². The number of nitrogens with one attached hydrogen (secondary N) is 1. The van der Waals surface area contributed by atoms with Crippen LogP contribution in [0.1, 0.15) is 24.0 Å². The van der Waals surface area contributed by atoms with Gasteiger partial charge in [0.2, 0.25) is 0 Å². The van der Waals surface area contributed by atoms with Crippen LogP contribution in [0.4, 0.5) is 15.9 Å². The number of nitrogens with two attached hydrogens (primary N) is 2. The van der Waals surface area contributed by atoms with Crippen molar-refractivity contribution in [2.24, 2.45) is 5.73 Å². The Labute approximate surface area is 202 Å². The first-order chi connectivity index (χ1) is 16.9. The third-order valence-corrected chi connectivity index (χ3v) is 6.43. The summed E-state index contributed by atoms with van der Waals surface area (Å²) >= 11 is 0. The number of imidazole rings is 1. The molecule has 35 heavy (non-hydrogen) atoms. The van der Waals surface area contributed by atoms with Gasteiger partial charge < -0.3 is 26.1 Å². The molecule has 8 nitrogen and oxygen atoms in total. The van der Waals surface area contributed by atoms with Crippen molar-refractivity contribution >= 4 is 22.5 Å². The second-order valence-corrected chi connectivity index (χ2v) is 8.89. The second-order valence-electron chi connectivity index (χ2n) is 8.89. The van der Waals surface area contributed by atoms with Crippen molar-refractivity contribution < 1.29 is 9.13 Å². The molecule has 0 spiro atoms. The number of nitrogens with zero attached hydrogens (tertiary/aromatic N) is 4. The molecule has 2 aromatic carbocycles. The number of fused-ring (bicyclic) bond motifs is 1. The van der Waals surface area contributed by atoms with Crippen LogP contribution in [0.5, 0.6) is 5.75 Å². The van der Waals surface area contributed by atoms with Gasteiger partial charge >= 0.3 is 0 Å². The van der Waals surface area contributed by atoms with E-state index < -0.39 is 0 Å². The van der Waals surface area contributed by atoms with Crippen LogP contribution in [0.3, 0.4) is 0 Å². The topological polar surface area (TPSA) is 130 Å². The fourth-order valence-electron chi connectivity index (χ4n) is 4.73. The Hall–Kier alpha value is -4.16. The van der Waals surface area contributed by atoms with E-state index in [0.717, 1.165) is 42.7 Å². The minimum atomic E-state index is -0.317. The van der Waals surface area contributed by atoms with E-state index >= 15 is 0 Å². The second kappa shape index (κ2) is 8.89. The molecule has 0 bridgehead atoms. The van der Waals surface area contributed by atoms with Crippen molar-refractivity contribution in [3.05, 3.63) is 53.5 Å². The first-order valence-corrected chi connectivity index (χ1v) is 11.4. The molecule has 0 aliphatic carbocycles. The van der Waals surface area contributed by atoms with Crippen LogP contribution in [0.2, 0.25) is 0 Å². The number of pyridine rings is 1. The predicted octanol–water partition coefficient (Wildman–Crippen LogP) is 4.13. The maximum Gasteiger partial charge on any atom is 0.148 e. The number of rotatable bonds is 4. The summed E-state index contributed by atoms with van der Waals surface area (Å²) in [5, 5.41) is 9.41. The number of nitrogen functional groups attached to an aromatic ring is 1. The van der Waals surface area contributed by atoms with E-state index in [1.807, 2.05) is 13.0 Å². The average Bonchev–Trinajstić information content (AvgIpc) is 3.26. The molecule has 0 atom stereocenters. The van der Waals surface area contributed by atoms with E-state index in [1.165, 1.54) is 19.2 Å². The highest BCUT2D eigenvalue weighted by atomic mass is 19.1. The molecule has 4 aromatic rings. The highest BCUT2D eigenvalue weighted by Crippen LogP contribution is 2.43. The van der Waals surface area contributed by atoms with Crippen LogP contribution in [0.25, 0.3) is 33.5 Å². The normalized spacial score (nSPS) is 14.3. The van der Waals surface area contributed by atoms with E-state index in [4.69, 9.17) is 21.2 Å². The van der Waals surface area contributed by atoms with Crippen molar-refractivity contribution in [1.82, 2.24) is 15.0 Å². The Morgan fingerprint density at radius 1 is 1.20 bits per heavy atom. The molecule has 178 valence electrons. The summed E-state index contributed by atoms with van der Waals surface area (Å²) < 4.78 is 19.9. The Morgan fingerprint density at radius 2 is 1.97 bits per heavy atom. The Kier molecular flexibility index (Phi) is 5.75. The minimum absolute atomic E-state index is 0.133. The number of hydrogen-bond acceptors (Lipinski definition) is 7. The van der Waals surface area contributed by atoms with Crippen molar-refractivity contribution in [3.63, 3.8) is 0 Å². The number of ether oxygens (including phenoxy) is 1. The zero-order chi connectivity index (χ0) is 24.7. The summed E-state index contributed by atoms with van der Waals surface area (Å²) in [4.78, 5) is 14.8. The molecule has 2 aromatic heterocycles.